The smallest absolute Gasteiger partial charge is 0.349 e. The van der Waals surface area contributed by atoms with Crippen molar-refractivity contribution in [3.8, 4) is 5.75 Å². The van der Waals surface area contributed by atoms with Crippen LogP contribution in [0.25, 0.3) is 0 Å². The van der Waals surface area contributed by atoms with Crippen LogP contribution in [0, 0.1) is 0 Å². The standard InChI is InChI=1S/C15H18ClN3O2/c16-12-4-6-13(7-5-12)21-11-3-1-2-9-19-10-8-14(17)18-15(19)20/h4-8,10H,1-3,9,11H2,(H2,17,18,20). The maximum Gasteiger partial charge on any atom is 0.349 e. The van der Waals surface area contributed by atoms with Gasteiger partial charge in [-0.15, -0.1) is 0 Å². The molecule has 1 aromatic heterocycles. The lowest BCUT2D eigenvalue weighted by atomic mass is 10.2. The Labute approximate surface area is 128 Å². The Balaban J connectivity index is 1.64. The molecule has 0 saturated heterocycles. The topological polar surface area (TPSA) is 70.1 Å². The highest BCUT2D eigenvalue weighted by molar-refractivity contribution is 6.30. The summed E-state index contributed by atoms with van der Waals surface area (Å²) in [6.07, 6.45) is 4.48. The molecule has 1 aromatic carbocycles. The number of ether oxygens (including phenoxy) is 1. The van der Waals surface area contributed by atoms with Crippen molar-refractivity contribution in [2.45, 2.75) is 25.8 Å². The zero-order valence-electron chi connectivity index (χ0n) is 11.7. The Kier molecular flexibility index (Phi) is 5.63. The zero-order valence-corrected chi connectivity index (χ0v) is 12.4. The van der Waals surface area contributed by atoms with E-state index in [1.54, 1.807) is 29.0 Å². The Morgan fingerprint density at radius 2 is 1.90 bits per heavy atom. The van der Waals surface area contributed by atoms with Crippen molar-refractivity contribution in [2.24, 2.45) is 0 Å². The van der Waals surface area contributed by atoms with Crippen LogP contribution in [0.1, 0.15) is 19.3 Å². The molecule has 0 amide bonds. The van der Waals surface area contributed by atoms with Gasteiger partial charge >= 0.3 is 5.69 Å². The van der Waals surface area contributed by atoms with Gasteiger partial charge in [-0.1, -0.05) is 11.6 Å². The molecule has 0 spiro atoms. The highest BCUT2D eigenvalue weighted by atomic mass is 35.5. The second kappa shape index (κ2) is 7.69. The van der Waals surface area contributed by atoms with E-state index in [0.717, 1.165) is 25.0 Å². The van der Waals surface area contributed by atoms with Gasteiger partial charge in [-0.3, -0.25) is 4.57 Å². The SMILES string of the molecule is Nc1ccn(CCCCCOc2ccc(Cl)cc2)c(=O)n1. The molecule has 0 aliphatic carbocycles. The number of halogens is 1. The molecule has 0 aliphatic heterocycles. The molecular formula is C15H18ClN3O2. The Morgan fingerprint density at radius 3 is 2.62 bits per heavy atom. The van der Waals surface area contributed by atoms with E-state index in [4.69, 9.17) is 22.1 Å². The summed E-state index contributed by atoms with van der Waals surface area (Å²) in [5, 5.41) is 0.699. The van der Waals surface area contributed by atoms with Crippen molar-refractivity contribution in [1.29, 1.82) is 0 Å². The molecule has 6 heteroatoms. The van der Waals surface area contributed by atoms with Gasteiger partial charge in [0, 0.05) is 17.8 Å². The maximum absolute atomic E-state index is 11.5. The molecule has 112 valence electrons. The van der Waals surface area contributed by atoms with Gasteiger partial charge in [-0.25, -0.2) is 4.79 Å². The molecule has 0 bridgehead atoms. The van der Waals surface area contributed by atoms with Gasteiger partial charge < -0.3 is 10.5 Å². The van der Waals surface area contributed by atoms with Crippen LogP contribution in [0.3, 0.4) is 0 Å². The molecule has 0 radical (unpaired) electrons. The lowest BCUT2D eigenvalue weighted by Gasteiger charge is -2.07. The number of nitrogens with zero attached hydrogens (tertiary/aromatic N) is 2. The molecular weight excluding hydrogens is 290 g/mol. The van der Waals surface area contributed by atoms with E-state index < -0.39 is 0 Å². The lowest BCUT2D eigenvalue weighted by molar-refractivity contribution is 0.303. The first-order valence-corrected chi connectivity index (χ1v) is 7.24. The highest BCUT2D eigenvalue weighted by Gasteiger charge is 1.98. The Bertz CT molecular complexity index is 626. The quantitative estimate of drug-likeness (QED) is 0.798. The van der Waals surface area contributed by atoms with Gasteiger partial charge in [0.2, 0.25) is 0 Å². The van der Waals surface area contributed by atoms with E-state index in [1.165, 1.54) is 0 Å². The van der Waals surface area contributed by atoms with Crippen molar-refractivity contribution in [3.05, 3.63) is 52.0 Å². The Hall–Kier alpha value is -2.01. The fourth-order valence-corrected chi connectivity index (χ4v) is 2.02. The fourth-order valence-electron chi connectivity index (χ4n) is 1.89. The number of rotatable bonds is 7. The summed E-state index contributed by atoms with van der Waals surface area (Å²) in [6, 6.07) is 8.93. The highest BCUT2D eigenvalue weighted by Crippen LogP contribution is 2.15. The molecule has 0 unspecified atom stereocenters. The van der Waals surface area contributed by atoms with Crippen molar-refractivity contribution >= 4 is 17.4 Å². The second-order valence-corrected chi connectivity index (χ2v) is 5.13. The largest absolute Gasteiger partial charge is 0.494 e. The van der Waals surface area contributed by atoms with E-state index >= 15 is 0 Å². The third-order valence-electron chi connectivity index (χ3n) is 3.02. The number of anilines is 1. The zero-order chi connectivity index (χ0) is 15.1. The number of benzene rings is 1. The molecule has 1 heterocycles. The molecule has 2 rings (SSSR count). The van der Waals surface area contributed by atoms with Gasteiger partial charge in [0.1, 0.15) is 11.6 Å². The third-order valence-corrected chi connectivity index (χ3v) is 3.27. The van der Waals surface area contributed by atoms with E-state index in [0.29, 0.717) is 18.2 Å². The average Bonchev–Trinajstić information content (AvgIpc) is 2.46. The summed E-state index contributed by atoms with van der Waals surface area (Å²) in [6.45, 7) is 1.30. The number of nitrogen functional groups attached to an aromatic ring is 1. The van der Waals surface area contributed by atoms with Crippen LogP contribution in [-0.2, 0) is 6.54 Å². The first-order valence-electron chi connectivity index (χ1n) is 6.86. The van der Waals surface area contributed by atoms with Crippen LogP contribution in [-0.4, -0.2) is 16.2 Å². The molecule has 0 saturated carbocycles. The summed E-state index contributed by atoms with van der Waals surface area (Å²) in [7, 11) is 0. The first kappa shape index (κ1) is 15.4. The summed E-state index contributed by atoms with van der Waals surface area (Å²) >= 11 is 5.80. The van der Waals surface area contributed by atoms with Gasteiger partial charge in [-0.2, -0.15) is 4.98 Å². The lowest BCUT2D eigenvalue weighted by Crippen LogP contribution is -2.23. The van der Waals surface area contributed by atoms with E-state index in [9.17, 15) is 4.79 Å². The predicted octanol–water partition coefficient (Wildman–Crippen LogP) is 2.73. The van der Waals surface area contributed by atoms with Gasteiger partial charge in [0.25, 0.3) is 0 Å². The van der Waals surface area contributed by atoms with E-state index in [2.05, 4.69) is 4.98 Å². The van der Waals surface area contributed by atoms with Crippen molar-refractivity contribution in [1.82, 2.24) is 9.55 Å². The molecule has 0 fully saturated rings. The summed E-state index contributed by atoms with van der Waals surface area (Å²) in [4.78, 5) is 15.2. The second-order valence-electron chi connectivity index (χ2n) is 4.69. The van der Waals surface area contributed by atoms with Crippen LogP contribution in [0.5, 0.6) is 5.75 Å². The number of nitrogens with two attached hydrogens (primary N) is 1. The minimum absolute atomic E-state index is 0.257. The predicted molar refractivity (Wildman–Crippen MR) is 83.7 cm³/mol. The van der Waals surface area contributed by atoms with E-state index in [1.807, 2.05) is 12.1 Å². The van der Waals surface area contributed by atoms with Crippen LogP contribution in [0.4, 0.5) is 5.82 Å². The van der Waals surface area contributed by atoms with Gasteiger partial charge in [-0.05, 0) is 49.6 Å². The maximum atomic E-state index is 11.5. The summed E-state index contributed by atoms with van der Waals surface area (Å²) in [5.74, 6) is 1.07. The number of aromatic nitrogens is 2. The summed E-state index contributed by atoms with van der Waals surface area (Å²) < 4.78 is 7.16. The van der Waals surface area contributed by atoms with Crippen LogP contribution < -0.4 is 16.2 Å². The average molecular weight is 308 g/mol. The molecule has 2 aromatic rings. The van der Waals surface area contributed by atoms with Crippen LogP contribution in [0.15, 0.2) is 41.3 Å². The molecule has 0 aliphatic rings. The molecule has 5 nitrogen and oxygen atoms in total. The normalized spacial score (nSPS) is 10.5. The van der Waals surface area contributed by atoms with Crippen molar-refractivity contribution < 1.29 is 4.74 Å². The Morgan fingerprint density at radius 1 is 1.14 bits per heavy atom. The number of hydrogen-bond donors (Lipinski definition) is 1. The van der Waals surface area contributed by atoms with Crippen LogP contribution in [0.2, 0.25) is 5.02 Å². The van der Waals surface area contributed by atoms with Gasteiger partial charge in [0.05, 0.1) is 6.61 Å². The van der Waals surface area contributed by atoms with Gasteiger partial charge in [0.15, 0.2) is 0 Å². The van der Waals surface area contributed by atoms with E-state index in [-0.39, 0.29) is 11.5 Å². The van der Waals surface area contributed by atoms with Crippen LogP contribution >= 0.6 is 11.6 Å². The first-order chi connectivity index (χ1) is 10.1. The van der Waals surface area contributed by atoms with Crippen molar-refractivity contribution in [3.63, 3.8) is 0 Å². The number of aryl methyl sites for hydroxylation is 1. The van der Waals surface area contributed by atoms with Crippen molar-refractivity contribution in [2.75, 3.05) is 12.3 Å². The monoisotopic (exact) mass is 307 g/mol. The molecule has 0 atom stereocenters. The summed E-state index contributed by atoms with van der Waals surface area (Å²) in [5.41, 5.74) is 5.14. The minimum atomic E-state index is -0.299. The minimum Gasteiger partial charge on any atom is -0.494 e. The number of hydrogen-bond acceptors (Lipinski definition) is 4. The molecule has 21 heavy (non-hydrogen) atoms. The fraction of sp³-hybridized carbons (Fsp3) is 0.333. The molecule has 2 N–H and O–H groups in total. The third kappa shape index (κ3) is 5.11. The number of unbranched alkanes of at least 4 members (excludes halogenated alkanes) is 2.